The van der Waals surface area contributed by atoms with Gasteiger partial charge in [0.25, 0.3) is 0 Å². The first-order valence-corrected chi connectivity index (χ1v) is 6.06. The highest BCUT2D eigenvalue weighted by Gasteiger charge is 2.32. The number of nitrogens with one attached hydrogen (secondary N) is 1. The van der Waals surface area contributed by atoms with Gasteiger partial charge >= 0.3 is 0 Å². The van der Waals surface area contributed by atoms with Gasteiger partial charge < -0.3 is 0 Å². The Labute approximate surface area is 102 Å². The molecule has 2 unspecified atom stereocenters. The second kappa shape index (κ2) is 4.91. The molecule has 0 radical (unpaired) electrons. The molecule has 1 N–H and O–H groups in total. The van der Waals surface area contributed by atoms with Crippen LogP contribution in [0, 0.1) is 18.3 Å². The molecule has 0 saturated heterocycles. The van der Waals surface area contributed by atoms with E-state index in [0.717, 1.165) is 10.9 Å². The summed E-state index contributed by atoms with van der Waals surface area (Å²) in [5, 5.41) is 4.27. The van der Waals surface area contributed by atoms with Gasteiger partial charge in [-0.05, 0) is 43.4 Å². The molecule has 1 aliphatic rings. The van der Waals surface area contributed by atoms with Gasteiger partial charge in [-0.1, -0.05) is 29.7 Å². The van der Waals surface area contributed by atoms with Crippen molar-refractivity contribution in [3.05, 3.63) is 34.9 Å². The van der Waals surface area contributed by atoms with Crippen LogP contribution in [0.2, 0.25) is 5.02 Å². The van der Waals surface area contributed by atoms with E-state index in [2.05, 4.69) is 23.4 Å². The second-order valence-electron chi connectivity index (χ2n) is 4.42. The molecule has 1 aromatic rings. The Morgan fingerprint density at radius 2 is 2.00 bits per heavy atom. The lowest BCUT2D eigenvalue weighted by atomic mass is 10.0. The van der Waals surface area contributed by atoms with E-state index in [1.807, 2.05) is 19.1 Å². The molecule has 2 atom stereocenters. The zero-order valence-electron chi connectivity index (χ0n) is 9.41. The summed E-state index contributed by atoms with van der Waals surface area (Å²) in [5.74, 6) is 3.46. The van der Waals surface area contributed by atoms with E-state index in [-0.39, 0.29) is 6.04 Å². The van der Waals surface area contributed by atoms with Gasteiger partial charge in [0.2, 0.25) is 0 Å². The van der Waals surface area contributed by atoms with E-state index < -0.39 is 0 Å². The third-order valence-corrected chi connectivity index (χ3v) is 3.25. The van der Waals surface area contributed by atoms with Crippen LogP contribution in [0.15, 0.2) is 24.3 Å². The fourth-order valence-corrected chi connectivity index (χ4v) is 2.05. The standard InChI is InChI=1S/C14H16ClN/c1-3-10(2)16-14(11-4-5-11)12-6-8-13(15)9-7-12/h1,6-11,14,16H,4-5H2,2H3. The van der Waals surface area contributed by atoms with Crippen LogP contribution in [0.3, 0.4) is 0 Å². The Kier molecular flexibility index (Phi) is 3.53. The van der Waals surface area contributed by atoms with E-state index in [9.17, 15) is 0 Å². The molecule has 0 bridgehead atoms. The summed E-state index contributed by atoms with van der Waals surface area (Å²) < 4.78 is 0. The van der Waals surface area contributed by atoms with Gasteiger partial charge in [0.05, 0.1) is 6.04 Å². The van der Waals surface area contributed by atoms with Gasteiger partial charge in [0, 0.05) is 11.1 Å². The van der Waals surface area contributed by atoms with E-state index >= 15 is 0 Å². The smallest absolute Gasteiger partial charge is 0.0663 e. The van der Waals surface area contributed by atoms with Crippen LogP contribution in [0.5, 0.6) is 0 Å². The lowest BCUT2D eigenvalue weighted by Crippen LogP contribution is -2.30. The molecular formula is C14H16ClN. The molecule has 1 fully saturated rings. The van der Waals surface area contributed by atoms with Crippen LogP contribution in [0.25, 0.3) is 0 Å². The van der Waals surface area contributed by atoms with Crippen LogP contribution in [0.1, 0.15) is 31.4 Å². The quantitative estimate of drug-likeness (QED) is 0.786. The molecule has 2 heteroatoms. The molecule has 0 spiro atoms. The number of halogens is 1. The Morgan fingerprint density at radius 3 is 2.50 bits per heavy atom. The Hall–Kier alpha value is -0.970. The molecular weight excluding hydrogens is 218 g/mol. The normalized spacial score (nSPS) is 18.8. The van der Waals surface area contributed by atoms with Crippen molar-refractivity contribution in [2.45, 2.75) is 31.8 Å². The lowest BCUT2D eigenvalue weighted by Gasteiger charge is -2.21. The minimum absolute atomic E-state index is 0.112. The number of hydrogen-bond donors (Lipinski definition) is 1. The molecule has 0 heterocycles. The van der Waals surface area contributed by atoms with Crippen molar-refractivity contribution in [1.82, 2.24) is 5.32 Å². The summed E-state index contributed by atoms with van der Waals surface area (Å²) in [4.78, 5) is 0. The second-order valence-corrected chi connectivity index (χ2v) is 4.86. The van der Waals surface area contributed by atoms with Gasteiger partial charge in [-0.25, -0.2) is 0 Å². The summed E-state index contributed by atoms with van der Waals surface area (Å²) in [6.07, 6.45) is 7.99. The van der Waals surface area contributed by atoms with Gasteiger partial charge in [0.15, 0.2) is 0 Å². The van der Waals surface area contributed by atoms with E-state index in [0.29, 0.717) is 6.04 Å². The number of rotatable bonds is 4. The summed E-state index contributed by atoms with van der Waals surface area (Å²) in [7, 11) is 0. The first-order valence-electron chi connectivity index (χ1n) is 5.68. The largest absolute Gasteiger partial charge is 0.297 e. The Morgan fingerprint density at radius 1 is 1.38 bits per heavy atom. The maximum atomic E-state index is 5.89. The first-order chi connectivity index (χ1) is 7.70. The molecule has 0 amide bonds. The molecule has 1 nitrogen and oxygen atoms in total. The molecule has 0 aromatic heterocycles. The van der Waals surface area contributed by atoms with E-state index in [4.69, 9.17) is 18.0 Å². The van der Waals surface area contributed by atoms with Gasteiger partial charge in [-0.2, -0.15) is 0 Å². The lowest BCUT2D eigenvalue weighted by molar-refractivity contribution is 0.462. The van der Waals surface area contributed by atoms with Crippen LogP contribution in [-0.2, 0) is 0 Å². The molecule has 1 saturated carbocycles. The van der Waals surface area contributed by atoms with Gasteiger partial charge in [-0.15, -0.1) is 6.42 Å². The van der Waals surface area contributed by atoms with Crippen molar-refractivity contribution in [3.63, 3.8) is 0 Å². The van der Waals surface area contributed by atoms with Crippen molar-refractivity contribution >= 4 is 11.6 Å². The average Bonchev–Trinajstić information content (AvgIpc) is 3.11. The highest BCUT2D eigenvalue weighted by atomic mass is 35.5. The van der Waals surface area contributed by atoms with Crippen molar-refractivity contribution in [2.24, 2.45) is 5.92 Å². The fourth-order valence-electron chi connectivity index (χ4n) is 1.92. The number of terminal acetylenes is 1. The van der Waals surface area contributed by atoms with Crippen LogP contribution in [0.4, 0.5) is 0 Å². The third-order valence-electron chi connectivity index (χ3n) is 3.00. The van der Waals surface area contributed by atoms with E-state index in [1.54, 1.807) is 0 Å². The number of benzene rings is 1. The monoisotopic (exact) mass is 233 g/mol. The topological polar surface area (TPSA) is 12.0 Å². The predicted octanol–water partition coefficient (Wildman–Crippen LogP) is 3.40. The molecule has 84 valence electrons. The highest BCUT2D eigenvalue weighted by Crippen LogP contribution is 2.41. The van der Waals surface area contributed by atoms with Crippen molar-refractivity contribution in [2.75, 3.05) is 0 Å². The van der Waals surface area contributed by atoms with Gasteiger partial charge in [0.1, 0.15) is 0 Å². The zero-order valence-corrected chi connectivity index (χ0v) is 10.2. The zero-order chi connectivity index (χ0) is 11.5. The van der Waals surface area contributed by atoms with Crippen molar-refractivity contribution in [3.8, 4) is 12.3 Å². The van der Waals surface area contributed by atoms with Crippen molar-refractivity contribution in [1.29, 1.82) is 0 Å². The van der Waals surface area contributed by atoms with E-state index in [1.165, 1.54) is 18.4 Å². The Bertz CT molecular complexity index is 386. The molecule has 16 heavy (non-hydrogen) atoms. The molecule has 1 aliphatic carbocycles. The van der Waals surface area contributed by atoms with Gasteiger partial charge in [-0.3, -0.25) is 5.32 Å². The summed E-state index contributed by atoms with van der Waals surface area (Å²) >= 11 is 5.89. The van der Waals surface area contributed by atoms with Crippen molar-refractivity contribution < 1.29 is 0 Å². The summed E-state index contributed by atoms with van der Waals surface area (Å²) in [6.45, 7) is 2.02. The van der Waals surface area contributed by atoms with Crippen LogP contribution >= 0.6 is 11.6 Å². The minimum Gasteiger partial charge on any atom is -0.297 e. The minimum atomic E-state index is 0.112. The predicted molar refractivity (Wildman–Crippen MR) is 68.3 cm³/mol. The fraction of sp³-hybridized carbons (Fsp3) is 0.429. The highest BCUT2D eigenvalue weighted by molar-refractivity contribution is 6.30. The molecule has 0 aliphatic heterocycles. The van der Waals surface area contributed by atoms with Crippen LogP contribution in [-0.4, -0.2) is 6.04 Å². The Balaban J connectivity index is 2.13. The summed E-state index contributed by atoms with van der Waals surface area (Å²) in [5.41, 5.74) is 1.29. The first kappa shape index (κ1) is 11.5. The summed E-state index contributed by atoms with van der Waals surface area (Å²) in [6, 6.07) is 8.54. The average molecular weight is 234 g/mol. The number of hydrogen-bond acceptors (Lipinski definition) is 1. The molecule has 1 aromatic carbocycles. The van der Waals surface area contributed by atoms with Crippen LogP contribution < -0.4 is 5.32 Å². The SMILES string of the molecule is C#CC(C)NC(c1ccc(Cl)cc1)C1CC1. The maximum absolute atomic E-state index is 5.89. The third kappa shape index (κ3) is 2.78. The molecule has 2 rings (SSSR count). The maximum Gasteiger partial charge on any atom is 0.0663 e.